The second kappa shape index (κ2) is 6.30. The van der Waals surface area contributed by atoms with Gasteiger partial charge in [-0.3, -0.25) is 9.69 Å². The Morgan fingerprint density at radius 3 is 2.95 bits per heavy atom. The fourth-order valence-corrected chi connectivity index (χ4v) is 2.38. The van der Waals surface area contributed by atoms with Gasteiger partial charge >= 0.3 is 0 Å². The predicted octanol–water partition coefficient (Wildman–Crippen LogP) is 0.809. The first-order chi connectivity index (χ1) is 9.20. The molecule has 0 aromatic heterocycles. The van der Waals surface area contributed by atoms with E-state index >= 15 is 0 Å². The van der Waals surface area contributed by atoms with Crippen molar-refractivity contribution < 1.29 is 14.3 Å². The lowest BCUT2D eigenvalue weighted by molar-refractivity contribution is -0.117. The summed E-state index contributed by atoms with van der Waals surface area (Å²) in [5, 5.41) is 2.86. The van der Waals surface area contributed by atoms with Crippen LogP contribution in [-0.4, -0.2) is 43.3 Å². The van der Waals surface area contributed by atoms with Crippen molar-refractivity contribution >= 4 is 24.0 Å². The van der Waals surface area contributed by atoms with E-state index in [1.165, 1.54) is 0 Å². The Labute approximate surface area is 123 Å². The summed E-state index contributed by atoms with van der Waals surface area (Å²) in [4.78, 5) is 14.0. The zero-order valence-electron chi connectivity index (χ0n) is 11.0. The molecule has 1 atom stereocenters. The predicted molar refractivity (Wildman–Crippen MR) is 77.5 cm³/mol. The average Bonchev–Trinajstić information content (AvgIpc) is 2.97. The van der Waals surface area contributed by atoms with Crippen molar-refractivity contribution in [2.45, 2.75) is 12.5 Å². The Kier molecular flexibility index (Phi) is 4.69. The lowest BCUT2D eigenvalue weighted by Gasteiger charge is -2.14. The number of nitrogens with one attached hydrogen (secondary N) is 1. The van der Waals surface area contributed by atoms with E-state index in [1.54, 1.807) is 18.2 Å². The molecule has 3 N–H and O–H groups in total. The number of hydrogen-bond acceptors (Lipinski definition) is 5. The van der Waals surface area contributed by atoms with Gasteiger partial charge in [-0.15, -0.1) is 12.4 Å². The molecule has 1 aromatic rings. The van der Waals surface area contributed by atoms with Crippen LogP contribution in [0, 0.1) is 0 Å². The Bertz CT molecular complexity index is 498. The van der Waals surface area contributed by atoms with E-state index in [0.29, 0.717) is 18.0 Å². The normalized spacial score (nSPS) is 20.6. The van der Waals surface area contributed by atoms with E-state index < -0.39 is 0 Å². The molecule has 6 nitrogen and oxygen atoms in total. The molecule has 2 heterocycles. The highest BCUT2D eigenvalue weighted by atomic mass is 35.5. The molecule has 20 heavy (non-hydrogen) atoms. The number of carbonyl (C=O) groups is 1. The number of ether oxygens (including phenoxy) is 2. The first-order valence-corrected chi connectivity index (χ1v) is 6.38. The standard InChI is InChI=1S/C13H17N3O3.ClH/c14-9-3-4-16(6-9)7-13(17)15-10-1-2-11-12(5-10)19-8-18-11;/h1-2,5,9H,3-4,6-8,14H2,(H,15,17);1H/t9-;/m1./s1. The van der Waals surface area contributed by atoms with Gasteiger partial charge in [0.25, 0.3) is 0 Å². The van der Waals surface area contributed by atoms with Crippen molar-refractivity contribution in [2.75, 3.05) is 31.7 Å². The molecule has 3 rings (SSSR count). The molecule has 110 valence electrons. The van der Waals surface area contributed by atoms with Crippen molar-refractivity contribution in [3.8, 4) is 11.5 Å². The maximum absolute atomic E-state index is 11.9. The van der Waals surface area contributed by atoms with Gasteiger partial charge < -0.3 is 20.5 Å². The summed E-state index contributed by atoms with van der Waals surface area (Å²) < 4.78 is 10.5. The van der Waals surface area contributed by atoms with Gasteiger partial charge in [-0.2, -0.15) is 0 Å². The van der Waals surface area contributed by atoms with Gasteiger partial charge in [0.15, 0.2) is 11.5 Å². The molecule has 1 saturated heterocycles. The van der Waals surface area contributed by atoms with Crippen LogP contribution in [0.25, 0.3) is 0 Å². The monoisotopic (exact) mass is 299 g/mol. The lowest BCUT2D eigenvalue weighted by Crippen LogP contribution is -2.33. The first-order valence-electron chi connectivity index (χ1n) is 6.38. The third-order valence-electron chi connectivity index (χ3n) is 3.33. The van der Waals surface area contributed by atoms with Crippen LogP contribution in [0.2, 0.25) is 0 Å². The number of anilines is 1. The lowest BCUT2D eigenvalue weighted by atomic mass is 10.2. The number of rotatable bonds is 3. The number of nitrogens with two attached hydrogens (primary N) is 1. The fraction of sp³-hybridized carbons (Fsp3) is 0.462. The van der Waals surface area contributed by atoms with Gasteiger partial charge in [0.1, 0.15) is 0 Å². The molecule has 0 spiro atoms. The van der Waals surface area contributed by atoms with Gasteiger partial charge in [-0.05, 0) is 18.6 Å². The van der Waals surface area contributed by atoms with E-state index in [0.717, 1.165) is 25.2 Å². The van der Waals surface area contributed by atoms with Gasteiger partial charge in [0.2, 0.25) is 12.7 Å². The molecular formula is C13H18ClN3O3. The van der Waals surface area contributed by atoms with Crippen molar-refractivity contribution in [1.29, 1.82) is 0 Å². The molecule has 0 bridgehead atoms. The maximum atomic E-state index is 11.9. The number of carbonyl (C=O) groups excluding carboxylic acids is 1. The quantitative estimate of drug-likeness (QED) is 0.864. The minimum absolute atomic E-state index is 0. The molecule has 2 aliphatic heterocycles. The third kappa shape index (κ3) is 3.33. The van der Waals surface area contributed by atoms with Crippen LogP contribution in [-0.2, 0) is 4.79 Å². The van der Waals surface area contributed by atoms with Crippen LogP contribution in [0.3, 0.4) is 0 Å². The summed E-state index contributed by atoms with van der Waals surface area (Å²) in [5.74, 6) is 1.34. The molecule has 0 unspecified atom stereocenters. The average molecular weight is 300 g/mol. The zero-order chi connectivity index (χ0) is 13.2. The zero-order valence-corrected chi connectivity index (χ0v) is 11.8. The van der Waals surface area contributed by atoms with E-state index in [4.69, 9.17) is 15.2 Å². The topological polar surface area (TPSA) is 76.8 Å². The molecule has 0 aliphatic carbocycles. The van der Waals surface area contributed by atoms with Gasteiger partial charge in [0, 0.05) is 30.9 Å². The molecule has 7 heteroatoms. The highest BCUT2D eigenvalue weighted by Gasteiger charge is 2.21. The number of halogens is 1. The number of hydrogen-bond donors (Lipinski definition) is 2. The van der Waals surface area contributed by atoms with Crippen LogP contribution in [0.15, 0.2) is 18.2 Å². The van der Waals surface area contributed by atoms with Crippen LogP contribution < -0.4 is 20.5 Å². The minimum atomic E-state index is -0.0343. The molecule has 1 aromatic carbocycles. The van der Waals surface area contributed by atoms with E-state index in [9.17, 15) is 4.79 Å². The third-order valence-corrected chi connectivity index (χ3v) is 3.33. The number of nitrogens with zero attached hydrogens (tertiary/aromatic N) is 1. The van der Waals surface area contributed by atoms with Gasteiger partial charge in [0.05, 0.1) is 6.54 Å². The number of likely N-dealkylation sites (tertiary alicyclic amines) is 1. The van der Waals surface area contributed by atoms with Crippen molar-refractivity contribution in [2.24, 2.45) is 5.73 Å². The van der Waals surface area contributed by atoms with E-state index in [-0.39, 0.29) is 31.1 Å². The van der Waals surface area contributed by atoms with Crippen molar-refractivity contribution in [3.63, 3.8) is 0 Å². The number of fused-ring (bicyclic) bond motifs is 1. The fourth-order valence-electron chi connectivity index (χ4n) is 2.38. The summed E-state index contributed by atoms with van der Waals surface area (Å²) in [6.07, 6.45) is 0.956. The molecule has 1 fully saturated rings. The van der Waals surface area contributed by atoms with Crippen LogP contribution in [0.1, 0.15) is 6.42 Å². The van der Waals surface area contributed by atoms with Crippen LogP contribution >= 0.6 is 12.4 Å². The Morgan fingerprint density at radius 2 is 2.20 bits per heavy atom. The highest BCUT2D eigenvalue weighted by molar-refractivity contribution is 5.92. The second-order valence-electron chi connectivity index (χ2n) is 4.90. The van der Waals surface area contributed by atoms with Crippen molar-refractivity contribution in [1.82, 2.24) is 4.90 Å². The van der Waals surface area contributed by atoms with Crippen LogP contribution in [0.4, 0.5) is 5.69 Å². The summed E-state index contributed by atoms with van der Waals surface area (Å²) >= 11 is 0. The Hall–Kier alpha value is -1.50. The molecule has 0 saturated carbocycles. The summed E-state index contributed by atoms with van der Waals surface area (Å²) in [6.45, 7) is 2.28. The summed E-state index contributed by atoms with van der Waals surface area (Å²) in [6, 6.07) is 5.57. The van der Waals surface area contributed by atoms with Gasteiger partial charge in [-0.25, -0.2) is 0 Å². The maximum Gasteiger partial charge on any atom is 0.238 e. The smallest absolute Gasteiger partial charge is 0.238 e. The van der Waals surface area contributed by atoms with E-state index in [2.05, 4.69) is 10.2 Å². The molecular weight excluding hydrogens is 282 g/mol. The van der Waals surface area contributed by atoms with Gasteiger partial charge in [-0.1, -0.05) is 0 Å². The summed E-state index contributed by atoms with van der Waals surface area (Å²) in [7, 11) is 0. The number of benzene rings is 1. The van der Waals surface area contributed by atoms with E-state index in [1.807, 2.05) is 0 Å². The summed E-state index contributed by atoms with van der Waals surface area (Å²) in [5.41, 5.74) is 6.53. The van der Waals surface area contributed by atoms with Crippen molar-refractivity contribution in [3.05, 3.63) is 18.2 Å². The molecule has 1 amide bonds. The first kappa shape index (κ1) is 14.9. The Balaban J connectivity index is 0.00000147. The SMILES string of the molecule is Cl.N[C@@H]1CCN(CC(=O)Nc2ccc3c(c2)OCO3)C1. The second-order valence-corrected chi connectivity index (χ2v) is 4.90. The largest absolute Gasteiger partial charge is 0.454 e. The molecule has 2 aliphatic rings. The minimum Gasteiger partial charge on any atom is -0.454 e. The van der Waals surface area contributed by atoms with Crippen LogP contribution in [0.5, 0.6) is 11.5 Å². The molecule has 0 radical (unpaired) electrons. The number of amides is 1. The Morgan fingerprint density at radius 1 is 1.40 bits per heavy atom. The highest BCUT2D eigenvalue weighted by Crippen LogP contribution is 2.34.